The molecule has 5 heteroatoms. The molecule has 29 heavy (non-hydrogen) atoms. The molecule has 0 bridgehead atoms. The number of anilines is 1. The Bertz CT molecular complexity index is 622. The van der Waals surface area contributed by atoms with Gasteiger partial charge in [-0.2, -0.15) is 0 Å². The summed E-state index contributed by atoms with van der Waals surface area (Å²) in [6.07, 6.45) is 7.80. The maximum Gasteiger partial charge on any atom is 0.237 e. The lowest BCUT2D eigenvalue weighted by Gasteiger charge is -2.25. The van der Waals surface area contributed by atoms with Gasteiger partial charge in [0.1, 0.15) is 0 Å². The average molecular weight is 401 g/mol. The number of likely N-dealkylation sites (tertiary alicyclic amines) is 1. The maximum atomic E-state index is 12.5. The van der Waals surface area contributed by atoms with Crippen molar-refractivity contribution in [1.82, 2.24) is 15.5 Å². The molecule has 1 amide bonds. The minimum absolute atomic E-state index is 0.0358. The van der Waals surface area contributed by atoms with Gasteiger partial charge in [0.15, 0.2) is 0 Å². The lowest BCUT2D eigenvalue weighted by molar-refractivity contribution is -0.125. The normalized spacial score (nSPS) is 23.3. The summed E-state index contributed by atoms with van der Waals surface area (Å²) in [7, 11) is 1.75. The molecule has 2 N–H and O–H groups in total. The number of hydrogen-bond donors (Lipinski definition) is 2. The monoisotopic (exact) mass is 400 g/mol. The smallest absolute Gasteiger partial charge is 0.237 e. The zero-order chi connectivity index (χ0) is 20.6. The third-order valence-electron chi connectivity index (χ3n) is 6.82. The van der Waals surface area contributed by atoms with E-state index in [2.05, 4.69) is 58.5 Å². The number of nitrogens with one attached hydrogen (secondary N) is 2. The number of likely N-dealkylation sites (N-methyl/N-ethyl adjacent to an activating group) is 1. The molecule has 3 rings (SSSR count). The Morgan fingerprint density at radius 1 is 1.10 bits per heavy atom. The van der Waals surface area contributed by atoms with Crippen LogP contribution in [0, 0.1) is 5.92 Å². The standard InChI is InChI=1S/C24H40N4O/c1-4-27(5-2)22-13-11-20(12-14-22)17-28-18-21(15-23(28)24(29)25-3)26-16-19-9-7-6-8-10-19/h11-14,19,21,23,26H,4-10,15-18H2,1-3H3,(H,25,29)/t21-,23-/m0/s1. The summed E-state index contributed by atoms with van der Waals surface area (Å²) < 4.78 is 0. The van der Waals surface area contributed by atoms with Crippen LogP contribution in [-0.2, 0) is 11.3 Å². The number of rotatable bonds is 9. The molecule has 0 radical (unpaired) electrons. The zero-order valence-corrected chi connectivity index (χ0v) is 18.6. The highest BCUT2D eigenvalue weighted by molar-refractivity contribution is 5.81. The third kappa shape index (κ3) is 5.95. The second kappa shape index (κ2) is 11.0. The van der Waals surface area contributed by atoms with Gasteiger partial charge >= 0.3 is 0 Å². The fraction of sp³-hybridized carbons (Fsp3) is 0.708. The molecule has 0 aromatic heterocycles. The molecule has 1 aromatic carbocycles. The van der Waals surface area contributed by atoms with Gasteiger partial charge in [-0.1, -0.05) is 31.4 Å². The lowest BCUT2D eigenvalue weighted by atomic mass is 9.89. The van der Waals surface area contributed by atoms with Crippen LogP contribution < -0.4 is 15.5 Å². The molecule has 1 aromatic rings. The third-order valence-corrected chi connectivity index (χ3v) is 6.82. The molecule has 0 unspecified atom stereocenters. The largest absolute Gasteiger partial charge is 0.372 e. The van der Waals surface area contributed by atoms with Gasteiger partial charge in [-0.3, -0.25) is 9.69 Å². The van der Waals surface area contributed by atoms with Crippen LogP contribution >= 0.6 is 0 Å². The van der Waals surface area contributed by atoms with E-state index in [9.17, 15) is 4.79 Å². The molecule has 2 atom stereocenters. The van der Waals surface area contributed by atoms with Crippen molar-refractivity contribution < 1.29 is 4.79 Å². The van der Waals surface area contributed by atoms with Gasteiger partial charge in [-0.15, -0.1) is 0 Å². The fourth-order valence-electron chi connectivity index (χ4n) is 5.03. The van der Waals surface area contributed by atoms with Gasteiger partial charge in [-0.25, -0.2) is 0 Å². The van der Waals surface area contributed by atoms with E-state index in [1.165, 1.54) is 43.4 Å². The van der Waals surface area contributed by atoms with Crippen molar-refractivity contribution in [3.63, 3.8) is 0 Å². The second-order valence-electron chi connectivity index (χ2n) is 8.74. The first-order valence-corrected chi connectivity index (χ1v) is 11.7. The molecule has 5 nitrogen and oxygen atoms in total. The Kier molecular flexibility index (Phi) is 8.37. The Balaban J connectivity index is 1.58. The molecule has 1 aliphatic heterocycles. The zero-order valence-electron chi connectivity index (χ0n) is 18.6. The maximum absolute atomic E-state index is 12.5. The first-order valence-electron chi connectivity index (χ1n) is 11.7. The Morgan fingerprint density at radius 3 is 2.41 bits per heavy atom. The van der Waals surface area contributed by atoms with E-state index in [1.54, 1.807) is 7.05 Å². The molecule has 2 fully saturated rings. The number of benzene rings is 1. The van der Waals surface area contributed by atoms with E-state index in [-0.39, 0.29) is 11.9 Å². The van der Waals surface area contributed by atoms with Crippen LogP contribution in [0.25, 0.3) is 0 Å². The number of amides is 1. The molecular formula is C24H40N4O. The van der Waals surface area contributed by atoms with Crippen LogP contribution in [0.15, 0.2) is 24.3 Å². The van der Waals surface area contributed by atoms with Gasteiger partial charge in [-0.05, 0) is 63.3 Å². The highest BCUT2D eigenvalue weighted by Gasteiger charge is 2.36. The molecule has 162 valence electrons. The van der Waals surface area contributed by atoms with Gasteiger partial charge in [0.25, 0.3) is 0 Å². The minimum atomic E-state index is -0.0358. The number of carbonyl (C=O) groups excluding carboxylic acids is 1. The first-order chi connectivity index (χ1) is 14.1. The van der Waals surface area contributed by atoms with Crippen LogP contribution in [0.1, 0.15) is 57.9 Å². The topological polar surface area (TPSA) is 47.6 Å². The number of hydrogen-bond acceptors (Lipinski definition) is 4. The van der Waals surface area contributed by atoms with Gasteiger partial charge < -0.3 is 15.5 Å². The molecular weight excluding hydrogens is 360 g/mol. The SMILES string of the molecule is CCN(CC)c1ccc(CN2C[C@@H](NCC3CCCCC3)C[C@H]2C(=O)NC)cc1. The summed E-state index contributed by atoms with van der Waals surface area (Å²) in [5, 5.41) is 6.66. The van der Waals surface area contributed by atoms with Crippen molar-refractivity contribution >= 4 is 11.6 Å². The van der Waals surface area contributed by atoms with E-state index >= 15 is 0 Å². The van der Waals surface area contributed by atoms with Crippen LogP contribution in [0.2, 0.25) is 0 Å². The van der Waals surface area contributed by atoms with Gasteiger partial charge in [0, 0.05) is 45.0 Å². The quantitative estimate of drug-likeness (QED) is 0.667. The van der Waals surface area contributed by atoms with Crippen molar-refractivity contribution in [2.75, 3.05) is 38.1 Å². The number of carbonyl (C=O) groups is 1. The van der Waals surface area contributed by atoms with Crippen molar-refractivity contribution in [1.29, 1.82) is 0 Å². The Labute approximate surface area is 177 Å². The number of nitrogens with zero attached hydrogens (tertiary/aromatic N) is 2. The fourth-order valence-corrected chi connectivity index (χ4v) is 5.03. The highest BCUT2D eigenvalue weighted by atomic mass is 16.2. The van der Waals surface area contributed by atoms with E-state index in [0.717, 1.165) is 45.1 Å². The van der Waals surface area contributed by atoms with Crippen molar-refractivity contribution in [2.45, 2.75) is 71.0 Å². The highest BCUT2D eigenvalue weighted by Crippen LogP contribution is 2.25. The van der Waals surface area contributed by atoms with E-state index in [1.807, 2.05) is 0 Å². The van der Waals surface area contributed by atoms with Gasteiger partial charge in [0.2, 0.25) is 5.91 Å². The van der Waals surface area contributed by atoms with Crippen LogP contribution in [-0.4, -0.2) is 56.1 Å². The average Bonchev–Trinajstić information content (AvgIpc) is 3.17. The van der Waals surface area contributed by atoms with Crippen molar-refractivity contribution in [2.24, 2.45) is 5.92 Å². The van der Waals surface area contributed by atoms with Crippen LogP contribution in [0.4, 0.5) is 5.69 Å². The van der Waals surface area contributed by atoms with E-state index in [4.69, 9.17) is 0 Å². The summed E-state index contributed by atoms with van der Waals surface area (Å²) in [6, 6.07) is 9.24. The molecule has 1 saturated carbocycles. The lowest BCUT2D eigenvalue weighted by Crippen LogP contribution is -2.41. The molecule has 0 spiro atoms. The Hall–Kier alpha value is -1.59. The molecule has 2 aliphatic rings. The van der Waals surface area contributed by atoms with Gasteiger partial charge in [0.05, 0.1) is 6.04 Å². The summed E-state index contributed by atoms with van der Waals surface area (Å²) in [5.41, 5.74) is 2.55. The molecule has 1 saturated heterocycles. The predicted molar refractivity (Wildman–Crippen MR) is 121 cm³/mol. The second-order valence-corrected chi connectivity index (χ2v) is 8.74. The minimum Gasteiger partial charge on any atom is -0.372 e. The summed E-state index contributed by atoms with van der Waals surface area (Å²) in [5.74, 6) is 0.968. The van der Waals surface area contributed by atoms with Crippen LogP contribution in [0.3, 0.4) is 0 Å². The summed E-state index contributed by atoms with van der Waals surface area (Å²) >= 11 is 0. The van der Waals surface area contributed by atoms with Crippen molar-refractivity contribution in [3.05, 3.63) is 29.8 Å². The summed E-state index contributed by atoms with van der Waals surface area (Å²) in [6.45, 7) is 9.31. The first kappa shape index (κ1) is 22.1. The van der Waals surface area contributed by atoms with E-state index < -0.39 is 0 Å². The Morgan fingerprint density at radius 2 is 1.79 bits per heavy atom. The van der Waals surface area contributed by atoms with Crippen molar-refractivity contribution in [3.8, 4) is 0 Å². The predicted octanol–water partition coefficient (Wildman–Crippen LogP) is 3.39. The van der Waals surface area contributed by atoms with E-state index in [0.29, 0.717) is 6.04 Å². The molecule has 1 aliphatic carbocycles. The molecule has 1 heterocycles. The van der Waals surface area contributed by atoms with Crippen LogP contribution in [0.5, 0.6) is 0 Å². The summed E-state index contributed by atoms with van der Waals surface area (Å²) in [4.78, 5) is 17.2.